The second-order valence-corrected chi connectivity index (χ2v) is 5.34. The lowest BCUT2D eigenvalue weighted by atomic mass is 9.98. The van der Waals surface area contributed by atoms with E-state index in [0.29, 0.717) is 12.8 Å². The summed E-state index contributed by atoms with van der Waals surface area (Å²) in [6.45, 7) is 3.83. The number of amides is 1. The van der Waals surface area contributed by atoms with Gasteiger partial charge < -0.3 is 16.2 Å². The summed E-state index contributed by atoms with van der Waals surface area (Å²) >= 11 is 0. The molecule has 0 bridgehead atoms. The van der Waals surface area contributed by atoms with E-state index < -0.39 is 24.0 Å². The zero-order valence-electron chi connectivity index (χ0n) is 12.6. The molecule has 1 amide bonds. The quantitative estimate of drug-likeness (QED) is 0.678. The maximum absolute atomic E-state index is 12.0. The summed E-state index contributed by atoms with van der Waals surface area (Å²) in [5.41, 5.74) is 6.87. The Morgan fingerprint density at radius 1 is 1.29 bits per heavy atom. The third-order valence-corrected chi connectivity index (χ3v) is 3.74. The van der Waals surface area contributed by atoms with Gasteiger partial charge >= 0.3 is 5.97 Å². The summed E-state index contributed by atoms with van der Waals surface area (Å²) in [6.07, 6.45) is 1.71. The number of carbonyl (C=O) groups is 2. The van der Waals surface area contributed by atoms with Gasteiger partial charge in [0.05, 0.1) is 6.04 Å². The van der Waals surface area contributed by atoms with Crippen molar-refractivity contribution in [1.82, 2.24) is 5.32 Å². The number of nitrogens with two attached hydrogens (primary N) is 1. The zero-order valence-corrected chi connectivity index (χ0v) is 12.6. The fourth-order valence-corrected chi connectivity index (χ4v) is 1.99. The summed E-state index contributed by atoms with van der Waals surface area (Å²) in [5, 5.41) is 11.8. The minimum Gasteiger partial charge on any atom is -0.480 e. The van der Waals surface area contributed by atoms with Crippen LogP contribution in [0.2, 0.25) is 0 Å². The highest BCUT2D eigenvalue weighted by Crippen LogP contribution is 2.08. The van der Waals surface area contributed by atoms with Crippen LogP contribution in [0.25, 0.3) is 0 Å². The van der Waals surface area contributed by atoms with Gasteiger partial charge in [-0.2, -0.15) is 0 Å². The first-order valence-electron chi connectivity index (χ1n) is 7.28. The second kappa shape index (κ2) is 8.42. The minimum absolute atomic E-state index is 0.0218. The Bertz CT molecular complexity index is 462. The molecule has 4 N–H and O–H groups in total. The Kier molecular flexibility index (Phi) is 6.88. The van der Waals surface area contributed by atoms with Crippen molar-refractivity contribution in [2.45, 2.75) is 45.2 Å². The van der Waals surface area contributed by atoms with Crippen molar-refractivity contribution >= 4 is 11.9 Å². The van der Waals surface area contributed by atoms with Gasteiger partial charge in [-0.05, 0) is 24.3 Å². The molecule has 1 rings (SSSR count). The highest BCUT2D eigenvalue weighted by molar-refractivity contribution is 5.86. The lowest BCUT2D eigenvalue weighted by Crippen LogP contribution is -2.50. The van der Waals surface area contributed by atoms with E-state index in [2.05, 4.69) is 5.32 Å². The van der Waals surface area contributed by atoms with Crippen LogP contribution in [0.3, 0.4) is 0 Å². The summed E-state index contributed by atoms with van der Waals surface area (Å²) < 4.78 is 0. The topological polar surface area (TPSA) is 92.4 Å². The number of nitrogens with one attached hydrogen (secondary N) is 1. The maximum atomic E-state index is 12.0. The molecule has 0 aromatic heterocycles. The first-order chi connectivity index (χ1) is 9.95. The van der Waals surface area contributed by atoms with Crippen LogP contribution in [-0.4, -0.2) is 29.1 Å². The van der Waals surface area contributed by atoms with E-state index in [1.165, 1.54) is 0 Å². The van der Waals surface area contributed by atoms with Gasteiger partial charge in [-0.3, -0.25) is 4.79 Å². The van der Waals surface area contributed by atoms with Crippen LogP contribution in [0, 0.1) is 5.92 Å². The third kappa shape index (κ3) is 5.55. The SMILES string of the molecule is CCC(C)[C@H](N)C(=O)N[C@@H](CCc1ccccc1)C(=O)O. The van der Waals surface area contributed by atoms with E-state index in [9.17, 15) is 14.7 Å². The molecule has 0 fully saturated rings. The maximum Gasteiger partial charge on any atom is 0.326 e. The lowest BCUT2D eigenvalue weighted by molar-refractivity contribution is -0.142. The van der Waals surface area contributed by atoms with Crippen molar-refractivity contribution in [3.63, 3.8) is 0 Å². The van der Waals surface area contributed by atoms with E-state index in [1.54, 1.807) is 0 Å². The number of rotatable bonds is 8. The molecule has 0 aliphatic rings. The molecule has 1 aromatic carbocycles. The van der Waals surface area contributed by atoms with Crippen LogP contribution in [0.5, 0.6) is 0 Å². The van der Waals surface area contributed by atoms with E-state index in [4.69, 9.17) is 5.73 Å². The van der Waals surface area contributed by atoms with Crippen molar-refractivity contribution < 1.29 is 14.7 Å². The molecular formula is C16H24N2O3. The van der Waals surface area contributed by atoms with E-state index in [0.717, 1.165) is 12.0 Å². The average molecular weight is 292 g/mol. The fraction of sp³-hybridized carbons (Fsp3) is 0.500. The molecule has 5 heteroatoms. The van der Waals surface area contributed by atoms with Crippen molar-refractivity contribution in [2.75, 3.05) is 0 Å². The van der Waals surface area contributed by atoms with Gasteiger partial charge in [-0.15, -0.1) is 0 Å². The molecular weight excluding hydrogens is 268 g/mol. The average Bonchev–Trinajstić information content (AvgIpc) is 2.50. The summed E-state index contributed by atoms with van der Waals surface area (Å²) in [5.74, 6) is -1.41. The Labute approximate surface area is 125 Å². The number of aliphatic carboxylic acids is 1. The van der Waals surface area contributed by atoms with Crippen molar-refractivity contribution in [3.8, 4) is 0 Å². The number of carboxylic acids is 1. The number of carboxylic acid groups (broad SMARTS) is 1. The molecule has 0 heterocycles. The number of benzene rings is 1. The third-order valence-electron chi connectivity index (χ3n) is 3.74. The Morgan fingerprint density at radius 2 is 1.90 bits per heavy atom. The normalized spacial score (nSPS) is 15.0. The largest absolute Gasteiger partial charge is 0.480 e. The Morgan fingerprint density at radius 3 is 2.43 bits per heavy atom. The van der Waals surface area contributed by atoms with Gasteiger partial charge in [0.1, 0.15) is 6.04 Å². The predicted octanol–water partition coefficient (Wildman–Crippen LogP) is 1.56. The van der Waals surface area contributed by atoms with E-state index in [-0.39, 0.29) is 5.92 Å². The summed E-state index contributed by atoms with van der Waals surface area (Å²) in [4.78, 5) is 23.2. The molecule has 1 unspecified atom stereocenters. The molecule has 0 spiro atoms. The van der Waals surface area contributed by atoms with Crippen molar-refractivity contribution in [3.05, 3.63) is 35.9 Å². The molecule has 1 aromatic rings. The highest BCUT2D eigenvalue weighted by Gasteiger charge is 2.25. The molecule has 0 aliphatic carbocycles. The highest BCUT2D eigenvalue weighted by atomic mass is 16.4. The van der Waals surface area contributed by atoms with Gasteiger partial charge in [-0.1, -0.05) is 50.6 Å². The molecule has 116 valence electrons. The molecule has 0 radical (unpaired) electrons. The van der Waals surface area contributed by atoms with Crippen LogP contribution < -0.4 is 11.1 Å². The standard InChI is InChI=1S/C16H24N2O3/c1-3-11(2)14(17)15(19)18-13(16(20)21)10-9-12-7-5-4-6-8-12/h4-8,11,13-14H,3,9-10,17H2,1-2H3,(H,18,19)(H,20,21)/t11?,13-,14-/m0/s1. The molecule has 5 nitrogen and oxygen atoms in total. The van der Waals surface area contributed by atoms with Gasteiger partial charge in [0.25, 0.3) is 0 Å². The monoisotopic (exact) mass is 292 g/mol. The summed E-state index contributed by atoms with van der Waals surface area (Å²) in [6, 6.07) is 8.01. The van der Waals surface area contributed by atoms with Crippen LogP contribution in [0.1, 0.15) is 32.3 Å². The molecule has 0 saturated heterocycles. The lowest BCUT2D eigenvalue weighted by Gasteiger charge is -2.21. The number of carbonyl (C=O) groups excluding carboxylic acids is 1. The number of aryl methyl sites for hydroxylation is 1. The van der Waals surface area contributed by atoms with Gasteiger partial charge in [0.2, 0.25) is 5.91 Å². The van der Waals surface area contributed by atoms with Crippen molar-refractivity contribution in [2.24, 2.45) is 11.7 Å². The Balaban J connectivity index is 2.58. The first-order valence-corrected chi connectivity index (χ1v) is 7.28. The molecule has 3 atom stereocenters. The number of hydrogen-bond acceptors (Lipinski definition) is 3. The van der Waals surface area contributed by atoms with Crippen molar-refractivity contribution in [1.29, 1.82) is 0 Å². The van der Waals surface area contributed by atoms with Gasteiger partial charge in [0, 0.05) is 0 Å². The number of hydrogen-bond donors (Lipinski definition) is 3. The molecule has 0 saturated carbocycles. The second-order valence-electron chi connectivity index (χ2n) is 5.34. The van der Waals surface area contributed by atoms with Gasteiger partial charge in [-0.25, -0.2) is 4.79 Å². The minimum atomic E-state index is -1.03. The first kappa shape index (κ1) is 17.2. The summed E-state index contributed by atoms with van der Waals surface area (Å²) in [7, 11) is 0. The molecule has 21 heavy (non-hydrogen) atoms. The van der Waals surface area contributed by atoms with Gasteiger partial charge in [0.15, 0.2) is 0 Å². The Hall–Kier alpha value is -1.88. The predicted molar refractivity (Wildman–Crippen MR) is 81.8 cm³/mol. The molecule has 0 aliphatic heterocycles. The van der Waals surface area contributed by atoms with Crippen LogP contribution >= 0.6 is 0 Å². The van der Waals surface area contributed by atoms with Crippen LogP contribution in [0.4, 0.5) is 0 Å². The fourth-order valence-electron chi connectivity index (χ4n) is 1.99. The van der Waals surface area contributed by atoms with Crippen LogP contribution in [0.15, 0.2) is 30.3 Å². The smallest absolute Gasteiger partial charge is 0.326 e. The van der Waals surface area contributed by atoms with Crippen LogP contribution in [-0.2, 0) is 16.0 Å². The van der Waals surface area contributed by atoms with E-state index in [1.807, 2.05) is 44.2 Å². The zero-order chi connectivity index (χ0) is 15.8. The van der Waals surface area contributed by atoms with E-state index >= 15 is 0 Å².